The van der Waals surface area contributed by atoms with Gasteiger partial charge in [0.15, 0.2) is 0 Å². The summed E-state index contributed by atoms with van der Waals surface area (Å²) in [4.78, 5) is 11.9. The Morgan fingerprint density at radius 1 is 1.39 bits per heavy atom. The van der Waals surface area contributed by atoms with E-state index in [0.717, 1.165) is 19.3 Å². The molecule has 18 heavy (non-hydrogen) atoms. The molecule has 4 nitrogen and oxygen atoms in total. The van der Waals surface area contributed by atoms with Gasteiger partial charge in [0.2, 0.25) is 5.91 Å². The Kier molecular flexibility index (Phi) is 4.28. The van der Waals surface area contributed by atoms with Crippen molar-refractivity contribution in [3.05, 3.63) is 30.1 Å². The molecule has 2 atom stereocenters. The number of hydrazine groups is 1. The zero-order valence-corrected chi connectivity index (χ0v) is 10.4. The molecule has 1 amide bonds. The maximum absolute atomic E-state index is 12.7. The fourth-order valence-corrected chi connectivity index (χ4v) is 2.09. The van der Waals surface area contributed by atoms with Crippen molar-refractivity contribution in [2.75, 3.05) is 5.32 Å². The lowest BCUT2D eigenvalue weighted by Gasteiger charge is -2.10. The normalized spacial score (nSPS) is 23.0. The van der Waals surface area contributed by atoms with Crippen molar-refractivity contribution in [1.82, 2.24) is 10.9 Å². The van der Waals surface area contributed by atoms with Crippen molar-refractivity contribution in [3.63, 3.8) is 0 Å². The minimum absolute atomic E-state index is 0.0901. The number of benzene rings is 1. The van der Waals surface area contributed by atoms with Crippen molar-refractivity contribution in [3.8, 4) is 0 Å². The zero-order valence-electron chi connectivity index (χ0n) is 10.4. The van der Waals surface area contributed by atoms with E-state index in [-0.39, 0.29) is 17.8 Å². The summed E-state index contributed by atoms with van der Waals surface area (Å²) in [7, 11) is 0. The van der Waals surface area contributed by atoms with Gasteiger partial charge in [-0.15, -0.1) is 0 Å². The Bertz CT molecular complexity index is 407. The molecule has 1 aliphatic rings. The summed E-state index contributed by atoms with van der Waals surface area (Å²) in [5.41, 5.74) is 6.71. The molecule has 0 aromatic heterocycles. The number of rotatable bonds is 4. The van der Waals surface area contributed by atoms with Gasteiger partial charge in [-0.05, 0) is 37.1 Å². The molecule has 0 spiro atoms. The third kappa shape index (κ3) is 3.27. The Morgan fingerprint density at radius 3 is 2.78 bits per heavy atom. The van der Waals surface area contributed by atoms with E-state index in [4.69, 9.17) is 0 Å². The van der Waals surface area contributed by atoms with Crippen molar-refractivity contribution in [2.45, 2.75) is 38.3 Å². The molecule has 1 fully saturated rings. The van der Waals surface area contributed by atoms with Gasteiger partial charge in [0.25, 0.3) is 0 Å². The summed E-state index contributed by atoms with van der Waals surface area (Å²) in [6.07, 6.45) is 2.92. The molecule has 0 saturated carbocycles. The summed E-state index contributed by atoms with van der Waals surface area (Å²) in [6, 6.07) is 5.88. The molecular weight excluding hydrogens is 233 g/mol. The first-order valence-corrected chi connectivity index (χ1v) is 6.26. The van der Waals surface area contributed by atoms with E-state index in [2.05, 4.69) is 23.1 Å². The number of hydrogen-bond donors (Lipinski definition) is 3. The number of amides is 1. The van der Waals surface area contributed by atoms with E-state index in [9.17, 15) is 9.18 Å². The van der Waals surface area contributed by atoms with Crippen molar-refractivity contribution < 1.29 is 9.18 Å². The summed E-state index contributed by atoms with van der Waals surface area (Å²) < 4.78 is 12.7. The largest absolute Gasteiger partial charge is 0.325 e. The van der Waals surface area contributed by atoms with Crippen LogP contribution in [0, 0.1) is 5.82 Å². The number of carbonyl (C=O) groups excluding carboxylic acids is 1. The number of nitrogens with one attached hydrogen (secondary N) is 3. The molecule has 1 aliphatic heterocycles. The summed E-state index contributed by atoms with van der Waals surface area (Å²) in [5.74, 6) is -0.399. The van der Waals surface area contributed by atoms with Crippen LogP contribution >= 0.6 is 0 Å². The highest BCUT2D eigenvalue weighted by atomic mass is 19.1. The smallest absolute Gasteiger partial charge is 0.242 e. The predicted octanol–water partition coefficient (Wildman–Crippen LogP) is 1.80. The van der Waals surface area contributed by atoms with Crippen LogP contribution in [-0.2, 0) is 4.79 Å². The van der Waals surface area contributed by atoms with Crippen molar-refractivity contribution in [2.24, 2.45) is 0 Å². The highest BCUT2D eigenvalue weighted by Crippen LogP contribution is 2.13. The second-order valence-electron chi connectivity index (χ2n) is 4.56. The Labute approximate surface area is 106 Å². The van der Waals surface area contributed by atoms with Crippen LogP contribution in [0.3, 0.4) is 0 Å². The van der Waals surface area contributed by atoms with Crippen LogP contribution in [0.2, 0.25) is 0 Å². The lowest BCUT2D eigenvalue weighted by atomic mass is 10.1. The standard InChI is InChI=1S/C13H18FN3O/c1-2-3-11-8-12(17-16-11)13(18)15-10-6-4-9(14)5-7-10/h4-7,11-12,16-17H,2-3,8H2,1H3,(H,15,18). The van der Waals surface area contributed by atoms with Crippen LogP contribution in [0.25, 0.3) is 0 Å². The lowest BCUT2D eigenvalue weighted by molar-refractivity contribution is -0.117. The Hall–Kier alpha value is -1.46. The molecule has 3 N–H and O–H groups in total. The van der Waals surface area contributed by atoms with Crippen LogP contribution in [-0.4, -0.2) is 18.0 Å². The fourth-order valence-electron chi connectivity index (χ4n) is 2.09. The topological polar surface area (TPSA) is 53.2 Å². The fraction of sp³-hybridized carbons (Fsp3) is 0.462. The Morgan fingerprint density at radius 2 is 2.11 bits per heavy atom. The van der Waals surface area contributed by atoms with E-state index >= 15 is 0 Å². The van der Waals surface area contributed by atoms with Crippen LogP contribution in [0.1, 0.15) is 26.2 Å². The summed E-state index contributed by atoms with van der Waals surface area (Å²) in [6.45, 7) is 2.12. The van der Waals surface area contributed by atoms with Crippen LogP contribution in [0.5, 0.6) is 0 Å². The molecule has 98 valence electrons. The SMILES string of the molecule is CCCC1CC(C(=O)Nc2ccc(F)cc2)NN1. The summed E-state index contributed by atoms with van der Waals surface area (Å²) in [5, 5.41) is 2.77. The number of halogens is 1. The minimum Gasteiger partial charge on any atom is -0.325 e. The molecule has 1 aromatic carbocycles. The van der Waals surface area contributed by atoms with E-state index in [1.54, 1.807) is 12.1 Å². The van der Waals surface area contributed by atoms with Gasteiger partial charge in [-0.2, -0.15) is 0 Å². The quantitative estimate of drug-likeness (QED) is 0.765. The van der Waals surface area contributed by atoms with Gasteiger partial charge in [-0.1, -0.05) is 13.3 Å². The van der Waals surface area contributed by atoms with E-state index in [0.29, 0.717) is 11.7 Å². The van der Waals surface area contributed by atoms with Crippen LogP contribution in [0.4, 0.5) is 10.1 Å². The van der Waals surface area contributed by atoms with Crippen LogP contribution in [0.15, 0.2) is 24.3 Å². The molecule has 2 rings (SSSR count). The van der Waals surface area contributed by atoms with Gasteiger partial charge in [0, 0.05) is 11.7 Å². The van der Waals surface area contributed by atoms with Crippen molar-refractivity contribution in [1.29, 1.82) is 0 Å². The molecular formula is C13H18FN3O. The average Bonchev–Trinajstić information content (AvgIpc) is 2.81. The number of anilines is 1. The van der Waals surface area contributed by atoms with Crippen molar-refractivity contribution >= 4 is 11.6 Å². The molecule has 1 saturated heterocycles. The molecule has 5 heteroatoms. The molecule has 2 unspecified atom stereocenters. The van der Waals surface area contributed by atoms with Gasteiger partial charge in [-0.3, -0.25) is 10.2 Å². The highest BCUT2D eigenvalue weighted by Gasteiger charge is 2.28. The Balaban J connectivity index is 1.87. The van der Waals surface area contributed by atoms with E-state index < -0.39 is 0 Å². The van der Waals surface area contributed by atoms with Gasteiger partial charge in [0.05, 0.1) is 0 Å². The molecule has 1 heterocycles. The van der Waals surface area contributed by atoms with Gasteiger partial charge >= 0.3 is 0 Å². The monoisotopic (exact) mass is 251 g/mol. The predicted molar refractivity (Wildman–Crippen MR) is 68.4 cm³/mol. The number of hydrogen-bond acceptors (Lipinski definition) is 3. The molecule has 0 aliphatic carbocycles. The van der Waals surface area contributed by atoms with Gasteiger partial charge in [0.1, 0.15) is 11.9 Å². The first kappa shape index (κ1) is 13.0. The van der Waals surface area contributed by atoms with Gasteiger partial charge in [-0.25, -0.2) is 9.82 Å². The lowest BCUT2D eigenvalue weighted by Crippen LogP contribution is -2.40. The maximum Gasteiger partial charge on any atom is 0.242 e. The second kappa shape index (κ2) is 5.93. The number of carbonyl (C=O) groups is 1. The molecule has 0 radical (unpaired) electrons. The van der Waals surface area contributed by atoms with Gasteiger partial charge < -0.3 is 5.32 Å². The third-order valence-electron chi connectivity index (χ3n) is 3.05. The zero-order chi connectivity index (χ0) is 13.0. The van der Waals surface area contributed by atoms with E-state index in [1.807, 2.05) is 0 Å². The maximum atomic E-state index is 12.7. The second-order valence-corrected chi connectivity index (χ2v) is 4.56. The van der Waals surface area contributed by atoms with E-state index in [1.165, 1.54) is 12.1 Å². The highest BCUT2D eigenvalue weighted by molar-refractivity contribution is 5.94. The molecule has 1 aromatic rings. The minimum atomic E-state index is -0.309. The average molecular weight is 251 g/mol. The third-order valence-corrected chi connectivity index (χ3v) is 3.05. The van der Waals surface area contributed by atoms with Crippen LogP contribution < -0.4 is 16.2 Å². The molecule has 0 bridgehead atoms. The first-order valence-electron chi connectivity index (χ1n) is 6.26. The first-order chi connectivity index (χ1) is 8.69. The summed E-state index contributed by atoms with van der Waals surface area (Å²) >= 11 is 0.